The highest BCUT2D eigenvalue weighted by Gasteiger charge is 2.35. The molecule has 2 N–H and O–H groups in total. The van der Waals surface area contributed by atoms with Crippen LogP contribution in [0.2, 0.25) is 0 Å². The zero-order chi connectivity index (χ0) is 12.7. The van der Waals surface area contributed by atoms with Gasteiger partial charge in [0.1, 0.15) is 5.82 Å². The van der Waals surface area contributed by atoms with Gasteiger partial charge < -0.3 is 10.6 Å². The predicted molar refractivity (Wildman–Crippen MR) is 66.4 cm³/mol. The molecule has 1 heterocycles. The molecule has 0 saturated heterocycles. The molecule has 0 unspecified atom stereocenters. The standard InChI is InChI=1S/C13H22N2O/c1-8-14-10(13(5,6)7)9(11(16)15-8)12(2,3)4/h14H,1H2,2-7H3,(H,15,16). The molecule has 1 aliphatic heterocycles. The summed E-state index contributed by atoms with van der Waals surface area (Å²) < 4.78 is 0. The fourth-order valence-electron chi connectivity index (χ4n) is 1.84. The molecule has 0 aromatic heterocycles. The maximum Gasteiger partial charge on any atom is 0.254 e. The van der Waals surface area contributed by atoms with E-state index in [-0.39, 0.29) is 16.7 Å². The second-order valence-electron chi connectivity index (χ2n) is 6.31. The maximum atomic E-state index is 12.0. The topological polar surface area (TPSA) is 41.1 Å². The van der Waals surface area contributed by atoms with Crippen LogP contribution < -0.4 is 10.6 Å². The van der Waals surface area contributed by atoms with E-state index in [4.69, 9.17) is 0 Å². The Kier molecular flexibility index (Phi) is 2.92. The average molecular weight is 222 g/mol. The Bertz CT molecular complexity index is 364. The van der Waals surface area contributed by atoms with Gasteiger partial charge in [-0.15, -0.1) is 0 Å². The van der Waals surface area contributed by atoms with Crippen molar-refractivity contribution in [3.63, 3.8) is 0 Å². The van der Waals surface area contributed by atoms with Crippen LogP contribution in [-0.2, 0) is 4.79 Å². The molecule has 0 aromatic carbocycles. The lowest BCUT2D eigenvalue weighted by molar-refractivity contribution is -0.118. The molecule has 0 saturated carbocycles. The monoisotopic (exact) mass is 222 g/mol. The maximum absolute atomic E-state index is 12.0. The van der Waals surface area contributed by atoms with Crippen molar-refractivity contribution < 1.29 is 4.79 Å². The lowest BCUT2D eigenvalue weighted by atomic mass is 9.77. The van der Waals surface area contributed by atoms with Crippen molar-refractivity contribution in [1.29, 1.82) is 0 Å². The normalized spacial score (nSPS) is 18.4. The summed E-state index contributed by atoms with van der Waals surface area (Å²) in [6.07, 6.45) is 0. The molecule has 1 amide bonds. The van der Waals surface area contributed by atoms with E-state index in [1.54, 1.807) is 0 Å². The van der Waals surface area contributed by atoms with Crippen molar-refractivity contribution in [1.82, 2.24) is 10.6 Å². The van der Waals surface area contributed by atoms with Gasteiger partial charge in [-0.3, -0.25) is 4.79 Å². The van der Waals surface area contributed by atoms with Crippen LogP contribution in [0.3, 0.4) is 0 Å². The van der Waals surface area contributed by atoms with Gasteiger partial charge in [0.2, 0.25) is 0 Å². The van der Waals surface area contributed by atoms with Crippen molar-refractivity contribution in [2.75, 3.05) is 0 Å². The van der Waals surface area contributed by atoms with Crippen molar-refractivity contribution in [3.05, 3.63) is 23.7 Å². The highest BCUT2D eigenvalue weighted by molar-refractivity contribution is 5.97. The van der Waals surface area contributed by atoms with Crippen LogP contribution in [0.15, 0.2) is 23.7 Å². The summed E-state index contributed by atoms with van der Waals surface area (Å²) in [6.45, 7) is 16.2. The van der Waals surface area contributed by atoms with Gasteiger partial charge in [0.15, 0.2) is 0 Å². The lowest BCUT2D eigenvalue weighted by Crippen LogP contribution is -2.45. The minimum Gasteiger partial charge on any atom is -0.345 e. The van der Waals surface area contributed by atoms with E-state index in [9.17, 15) is 4.79 Å². The Balaban J connectivity index is 3.40. The van der Waals surface area contributed by atoms with E-state index < -0.39 is 0 Å². The first-order chi connectivity index (χ1) is 7.03. The Morgan fingerprint density at radius 3 is 1.81 bits per heavy atom. The number of carbonyl (C=O) groups is 1. The molecule has 0 aliphatic carbocycles. The minimum absolute atomic E-state index is 0.0406. The van der Waals surface area contributed by atoms with Crippen LogP contribution in [0.25, 0.3) is 0 Å². The van der Waals surface area contributed by atoms with E-state index in [1.807, 2.05) is 20.8 Å². The highest BCUT2D eigenvalue weighted by Crippen LogP contribution is 2.36. The molecule has 3 nitrogen and oxygen atoms in total. The van der Waals surface area contributed by atoms with Gasteiger partial charge in [-0.25, -0.2) is 0 Å². The molecule has 0 spiro atoms. The first-order valence-electron chi connectivity index (χ1n) is 5.56. The zero-order valence-electron chi connectivity index (χ0n) is 11.1. The molecule has 16 heavy (non-hydrogen) atoms. The van der Waals surface area contributed by atoms with Crippen molar-refractivity contribution in [2.45, 2.75) is 41.5 Å². The molecule has 1 rings (SSSR count). The van der Waals surface area contributed by atoms with E-state index in [0.29, 0.717) is 5.82 Å². The summed E-state index contributed by atoms with van der Waals surface area (Å²) >= 11 is 0. The van der Waals surface area contributed by atoms with Gasteiger partial charge in [-0.2, -0.15) is 0 Å². The van der Waals surface area contributed by atoms with Crippen molar-refractivity contribution in [2.24, 2.45) is 10.8 Å². The van der Waals surface area contributed by atoms with Crippen LogP contribution in [0.5, 0.6) is 0 Å². The average Bonchev–Trinajstić information content (AvgIpc) is 1.97. The van der Waals surface area contributed by atoms with Gasteiger partial charge in [0.05, 0.1) is 0 Å². The fourth-order valence-corrected chi connectivity index (χ4v) is 1.84. The first kappa shape index (κ1) is 12.8. The van der Waals surface area contributed by atoms with Crippen molar-refractivity contribution >= 4 is 5.91 Å². The summed E-state index contributed by atoms with van der Waals surface area (Å²) in [5.74, 6) is 0.518. The molecule has 0 radical (unpaired) electrons. The molecular formula is C13H22N2O. The number of nitrogens with one attached hydrogen (secondary N) is 2. The van der Waals surface area contributed by atoms with Crippen LogP contribution in [-0.4, -0.2) is 5.91 Å². The number of allylic oxidation sites excluding steroid dienone is 1. The van der Waals surface area contributed by atoms with Crippen LogP contribution in [0.1, 0.15) is 41.5 Å². The molecule has 1 aliphatic rings. The summed E-state index contributed by atoms with van der Waals surface area (Å²) in [6, 6.07) is 0. The zero-order valence-corrected chi connectivity index (χ0v) is 11.1. The molecule has 3 heteroatoms. The third-order valence-corrected chi connectivity index (χ3v) is 2.52. The van der Waals surface area contributed by atoms with Gasteiger partial charge in [-0.05, 0) is 5.41 Å². The van der Waals surface area contributed by atoms with Gasteiger partial charge in [0.25, 0.3) is 5.91 Å². The fraction of sp³-hybridized carbons (Fsp3) is 0.615. The Morgan fingerprint density at radius 2 is 1.44 bits per heavy atom. The van der Waals surface area contributed by atoms with E-state index in [1.165, 1.54) is 0 Å². The molecule has 0 atom stereocenters. The Labute approximate surface area is 98.0 Å². The third-order valence-electron chi connectivity index (χ3n) is 2.52. The van der Waals surface area contributed by atoms with E-state index in [2.05, 4.69) is 38.0 Å². The number of carbonyl (C=O) groups excluding carboxylic acids is 1. The van der Waals surface area contributed by atoms with E-state index in [0.717, 1.165) is 11.3 Å². The summed E-state index contributed by atoms with van der Waals surface area (Å²) in [4.78, 5) is 12.0. The Morgan fingerprint density at radius 1 is 0.938 bits per heavy atom. The second-order valence-corrected chi connectivity index (χ2v) is 6.31. The smallest absolute Gasteiger partial charge is 0.254 e. The van der Waals surface area contributed by atoms with Crippen LogP contribution in [0, 0.1) is 10.8 Å². The van der Waals surface area contributed by atoms with Gasteiger partial charge in [0, 0.05) is 16.7 Å². The summed E-state index contributed by atoms with van der Waals surface area (Å²) in [5, 5.41) is 5.93. The summed E-state index contributed by atoms with van der Waals surface area (Å²) in [5.41, 5.74) is 1.50. The lowest BCUT2D eigenvalue weighted by Gasteiger charge is -2.37. The SMILES string of the molecule is C=C1NC(=O)C(C(C)(C)C)=C(C(C)(C)C)N1. The molecule has 0 bridgehead atoms. The highest BCUT2D eigenvalue weighted by atomic mass is 16.2. The predicted octanol–water partition coefficient (Wildman–Crippen LogP) is 2.52. The number of hydrogen-bond acceptors (Lipinski definition) is 2. The number of amides is 1. The van der Waals surface area contributed by atoms with Crippen molar-refractivity contribution in [3.8, 4) is 0 Å². The number of rotatable bonds is 0. The first-order valence-corrected chi connectivity index (χ1v) is 5.56. The van der Waals surface area contributed by atoms with Crippen LogP contribution in [0.4, 0.5) is 0 Å². The minimum atomic E-state index is -0.180. The third kappa shape index (κ3) is 2.46. The molecular weight excluding hydrogens is 200 g/mol. The largest absolute Gasteiger partial charge is 0.345 e. The summed E-state index contributed by atoms with van der Waals surface area (Å²) in [7, 11) is 0. The van der Waals surface area contributed by atoms with Crippen LogP contribution >= 0.6 is 0 Å². The second kappa shape index (κ2) is 3.65. The quantitative estimate of drug-likeness (QED) is 0.661. The van der Waals surface area contributed by atoms with E-state index >= 15 is 0 Å². The van der Waals surface area contributed by atoms with Gasteiger partial charge in [-0.1, -0.05) is 48.1 Å². The molecule has 0 aromatic rings. The van der Waals surface area contributed by atoms with Gasteiger partial charge >= 0.3 is 0 Å². The molecule has 0 fully saturated rings. The molecule has 90 valence electrons. The Hall–Kier alpha value is -1.25. The number of hydrogen-bond donors (Lipinski definition) is 2.